The van der Waals surface area contributed by atoms with Crippen LogP contribution in [-0.4, -0.2) is 33.3 Å². The summed E-state index contributed by atoms with van der Waals surface area (Å²) in [6.45, 7) is 0. The fraction of sp³-hybridized carbons (Fsp3) is 0.231. The second-order valence-electron chi connectivity index (χ2n) is 3.30. The molecular weight excluding hydrogens is 236 g/mol. The number of hydrogen-bond acceptors (Lipinski definition) is 5. The smallest absolute Gasteiger partial charge is 0.338 e. The highest BCUT2D eigenvalue weighted by molar-refractivity contribution is 5.96. The summed E-state index contributed by atoms with van der Waals surface area (Å²) in [5.74, 6) is -0.414. The van der Waals surface area contributed by atoms with Gasteiger partial charge < -0.3 is 14.2 Å². The first-order valence-corrected chi connectivity index (χ1v) is 5.14. The fourth-order valence-electron chi connectivity index (χ4n) is 1.33. The van der Waals surface area contributed by atoms with E-state index >= 15 is 0 Å². The summed E-state index contributed by atoms with van der Waals surface area (Å²) in [5.41, 5.74) is 0.866. The van der Waals surface area contributed by atoms with Gasteiger partial charge in [-0.15, -0.1) is 0 Å². The van der Waals surface area contributed by atoms with Crippen LogP contribution in [0.25, 0.3) is 6.08 Å². The van der Waals surface area contributed by atoms with Gasteiger partial charge in [-0.25, -0.2) is 9.59 Å². The summed E-state index contributed by atoms with van der Waals surface area (Å²) in [4.78, 5) is 22.6. The summed E-state index contributed by atoms with van der Waals surface area (Å²) in [5, 5.41) is 0. The molecule has 0 aliphatic heterocycles. The third-order valence-corrected chi connectivity index (χ3v) is 2.26. The fourth-order valence-corrected chi connectivity index (χ4v) is 1.33. The highest BCUT2D eigenvalue weighted by Gasteiger charge is 2.11. The van der Waals surface area contributed by atoms with Crippen molar-refractivity contribution in [2.45, 2.75) is 0 Å². The Kier molecular flexibility index (Phi) is 4.92. The molecule has 0 aromatic heterocycles. The van der Waals surface area contributed by atoms with Gasteiger partial charge in [0.15, 0.2) is 0 Å². The van der Waals surface area contributed by atoms with Crippen molar-refractivity contribution in [2.24, 2.45) is 0 Å². The Morgan fingerprint density at radius 1 is 1.11 bits per heavy atom. The average molecular weight is 250 g/mol. The van der Waals surface area contributed by atoms with Gasteiger partial charge in [-0.05, 0) is 29.8 Å². The molecule has 0 saturated heterocycles. The molecule has 0 atom stereocenters. The molecule has 0 amide bonds. The standard InChI is InChI=1S/C13H14O5/c1-16-10-5-6-11(13(15)18-3)9(8-10)4-7-12(14)17-2/h4-8H,1-3H3/b7-4+. The Morgan fingerprint density at radius 3 is 2.39 bits per heavy atom. The molecule has 18 heavy (non-hydrogen) atoms. The van der Waals surface area contributed by atoms with Crippen molar-refractivity contribution in [3.8, 4) is 5.75 Å². The first-order chi connectivity index (χ1) is 8.62. The third-order valence-electron chi connectivity index (χ3n) is 2.26. The number of benzene rings is 1. The topological polar surface area (TPSA) is 61.8 Å². The van der Waals surface area contributed by atoms with Crippen molar-refractivity contribution >= 4 is 18.0 Å². The largest absolute Gasteiger partial charge is 0.497 e. The minimum absolute atomic E-state index is 0.346. The lowest BCUT2D eigenvalue weighted by atomic mass is 10.1. The summed E-state index contributed by atoms with van der Waals surface area (Å²) in [6, 6.07) is 4.84. The number of rotatable bonds is 4. The number of methoxy groups -OCH3 is 3. The molecule has 5 heteroatoms. The number of ether oxygens (including phenoxy) is 3. The molecule has 0 aliphatic rings. The van der Waals surface area contributed by atoms with Gasteiger partial charge in [0.2, 0.25) is 0 Å². The summed E-state index contributed by atoms with van der Waals surface area (Å²) < 4.78 is 14.2. The highest BCUT2D eigenvalue weighted by atomic mass is 16.5. The molecule has 0 fully saturated rings. The lowest BCUT2D eigenvalue weighted by molar-refractivity contribution is -0.134. The average Bonchev–Trinajstić information content (AvgIpc) is 2.43. The normalized spacial score (nSPS) is 10.2. The molecule has 0 heterocycles. The Hall–Kier alpha value is -2.30. The molecule has 0 radical (unpaired) electrons. The Bertz CT molecular complexity index is 476. The maximum atomic E-state index is 11.5. The molecular formula is C13H14O5. The van der Waals surface area contributed by atoms with Crippen LogP contribution in [0.4, 0.5) is 0 Å². The minimum atomic E-state index is -0.506. The van der Waals surface area contributed by atoms with Crippen LogP contribution in [-0.2, 0) is 14.3 Å². The molecule has 5 nitrogen and oxygen atoms in total. The number of hydrogen-bond donors (Lipinski definition) is 0. The van der Waals surface area contributed by atoms with E-state index in [9.17, 15) is 9.59 Å². The van der Waals surface area contributed by atoms with Gasteiger partial charge in [0.25, 0.3) is 0 Å². The minimum Gasteiger partial charge on any atom is -0.497 e. The molecule has 96 valence electrons. The lowest BCUT2D eigenvalue weighted by Gasteiger charge is -2.06. The molecule has 0 bridgehead atoms. The van der Waals surface area contributed by atoms with Gasteiger partial charge in [0.1, 0.15) is 5.75 Å². The Balaban J connectivity index is 3.15. The molecule has 0 saturated carbocycles. The van der Waals surface area contributed by atoms with E-state index in [1.807, 2.05) is 0 Å². The maximum absolute atomic E-state index is 11.5. The molecule has 1 aromatic rings. The van der Waals surface area contributed by atoms with E-state index in [-0.39, 0.29) is 0 Å². The van der Waals surface area contributed by atoms with E-state index in [0.717, 1.165) is 0 Å². The zero-order valence-corrected chi connectivity index (χ0v) is 10.4. The van der Waals surface area contributed by atoms with E-state index in [1.165, 1.54) is 33.5 Å². The van der Waals surface area contributed by atoms with E-state index < -0.39 is 11.9 Å². The number of esters is 2. The first-order valence-electron chi connectivity index (χ1n) is 5.14. The van der Waals surface area contributed by atoms with Crippen LogP contribution in [0.1, 0.15) is 15.9 Å². The van der Waals surface area contributed by atoms with Gasteiger partial charge in [-0.3, -0.25) is 0 Å². The summed E-state index contributed by atoms with van der Waals surface area (Å²) in [6.07, 6.45) is 2.70. The van der Waals surface area contributed by atoms with Gasteiger partial charge in [-0.1, -0.05) is 0 Å². The summed E-state index contributed by atoms with van der Waals surface area (Å²) in [7, 11) is 4.08. The van der Waals surface area contributed by atoms with E-state index in [2.05, 4.69) is 9.47 Å². The Labute approximate surface area is 105 Å². The van der Waals surface area contributed by atoms with Crippen molar-refractivity contribution in [1.82, 2.24) is 0 Å². The second-order valence-corrected chi connectivity index (χ2v) is 3.30. The van der Waals surface area contributed by atoms with E-state index in [4.69, 9.17) is 4.74 Å². The van der Waals surface area contributed by atoms with Gasteiger partial charge in [0.05, 0.1) is 26.9 Å². The van der Waals surface area contributed by atoms with Crippen LogP contribution in [0.2, 0.25) is 0 Å². The molecule has 1 aromatic carbocycles. The highest BCUT2D eigenvalue weighted by Crippen LogP contribution is 2.19. The maximum Gasteiger partial charge on any atom is 0.338 e. The predicted molar refractivity (Wildman–Crippen MR) is 65.4 cm³/mol. The SMILES string of the molecule is COC(=O)/C=C/c1cc(OC)ccc1C(=O)OC. The van der Waals surface area contributed by atoms with E-state index in [0.29, 0.717) is 16.9 Å². The molecule has 0 spiro atoms. The molecule has 1 rings (SSSR count). The zero-order chi connectivity index (χ0) is 13.5. The van der Waals surface area contributed by atoms with Crippen molar-refractivity contribution in [3.63, 3.8) is 0 Å². The molecule has 0 aliphatic carbocycles. The van der Waals surface area contributed by atoms with Crippen LogP contribution >= 0.6 is 0 Å². The summed E-state index contributed by atoms with van der Waals surface area (Å²) >= 11 is 0. The molecule has 0 N–H and O–H groups in total. The Morgan fingerprint density at radius 2 is 1.83 bits per heavy atom. The van der Waals surface area contributed by atoms with Crippen LogP contribution < -0.4 is 4.74 Å². The predicted octanol–water partition coefficient (Wildman–Crippen LogP) is 1.67. The lowest BCUT2D eigenvalue weighted by Crippen LogP contribution is -2.04. The molecule has 0 unspecified atom stereocenters. The van der Waals surface area contributed by atoms with Crippen LogP contribution in [0.5, 0.6) is 5.75 Å². The third kappa shape index (κ3) is 3.35. The number of carbonyl (C=O) groups excluding carboxylic acids is 2. The van der Waals surface area contributed by atoms with Crippen LogP contribution in [0, 0.1) is 0 Å². The first kappa shape index (κ1) is 13.8. The quantitative estimate of drug-likeness (QED) is 0.601. The van der Waals surface area contributed by atoms with Crippen LogP contribution in [0.15, 0.2) is 24.3 Å². The zero-order valence-electron chi connectivity index (χ0n) is 10.4. The van der Waals surface area contributed by atoms with Crippen LogP contribution in [0.3, 0.4) is 0 Å². The second kappa shape index (κ2) is 6.44. The van der Waals surface area contributed by atoms with Crippen molar-refractivity contribution < 1.29 is 23.8 Å². The van der Waals surface area contributed by atoms with E-state index in [1.54, 1.807) is 18.2 Å². The number of carbonyl (C=O) groups is 2. The van der Waals surface area contributed by atoms with Gasteiger partial charge >= 0.3 is 11.9 Å². The van der Waals surface area contributed by atoms with Crippen molar-refractivity contribution in [3.05, 3.63) is 35.4 Å². The van der Waals surface area contributed by atoms with Gasteiger partial charge in [0, 0.05) is 6.08 Å². The van der Waals surface area contributed by atoms with Crippen molar-refractivity contribution in [2.75, 3.05) is 21.3 Å². The van der Waals surface area contributed by atoms with Crippen molar-refractivity contribution in [1.29, 1.82) is 0 Å². The van der Waals surface area contributed by atoms with Gasteiger partial charge in [-0.2, -0.15) is 0 Å². The monoisotopic (exact) mass is 250 g/mol.